The molecule has 5 heteroatoms. The van der Waals surface area contributed by atoms with Gasteiger partial charge in [-0.3, -0.25) is 4.79 Å². The largest absolute Gasteiger partial charge is 0.452 e. The van der Waals surface area contributed by atoms with Crippen molar-refractivity contribution in [2.75, 3.05) is 0 Å². The van der Waals surface area contributed by atoms with Crippen molar-refractivity contribution in [3.8, 4) is 11.5 Å². The molecule has 0 bridgehead atoms. The van der Waals surface area contributed by atoms with Gasteiger partial charge >= 0.3 is 5.97 Å². The highest BCUT2D eigenvalue weighted by molar-refractivity contribution is 6.15. The van der Waals surface area contributed by atoms with Crippen LogP contribution in [0.25, 0.3) is 6.08 Å². The first-order valence-corrected chi connectivity index (χ1v) is 9.05. The molecule has 3 aromatic carbocycles. The van der Waals surface area contributed by atoms with Gasteiger partial charge in [-0.05, 0) is 67.4 Å². The van der Waals surface area contributed by atoms with Crippen LogP contribution in [-0.4, -0.2) is 11.8 Å². The van der Waals surface area contributed by atoms with E-state index in [2.05, 4.69) is 0 Å². The number of carbonyl (C=O) groups excluding carboxylic acids is 2. The van der Waals surface area contributed by atoms with Crippen molar-refractivity contribution in [1.29, 1.82) is 0 Å². The summed E-state index contributed by atoms with van der Waals surface area (Å²) < 4.78 is 24.3. The van der Waals surface area contributed by atoms with Crippen LogP contribution in [0.5, 0.6) is 11.5 Å². The van der Waals surface area contributed by atoms with Crippen LogP contribution in [0.1, 0.15) is 37.4 Å². The van der Waals surface area contributed by atoms with Crippen molar-refractivity contribution in [3.05, 3.63) is 100 Å². The number of fused-ring (bicyclic) bond motifs is 1. The molecule has 0 saturated heterocycles. The Morgan fingerprint density at radius 2 is 1.72 bits per heavy atom. The summed E-state index contributed by atoms with van der Waals surface area (Å²) in [5.41, 5.74) is 3.11. The van der Waals surface area contributed by atoms with E-state index in [-0.39, 0.29) is 22.9 Å². The minimum atomic E-state index is -0.618. The number of ketones is 1. The molecule has 29 heavy (non-hydrogen) atoms. The summed E-state index contributed by atoms with van der Waals surface area (Å²) in [6.07, 6.45) is 1.71. The van der Waals surface area contributed by atoms with E-state index in [1.54, 1.807) is 25.1 Å². The van der Waals surface area contributed by atoms with Gasteiger partial charge in [0.05, 0.1) is 11.1 Å². The van der Waals surface area contributed by atoms with Crippen molar-refractivity contribution < 1.29 is 23.5 Å². The molecule has 0 radical (unpaired) electrons. The second-order valence-corrected chi connectivity index (χ2v) is 6.76. The van der Waals surface area contributed by atoms with Gasteiger partial charge < -0.3 is 9.47 Å². The fraction of sp³-hybridized carbons (Fsp3) is 0.0833. The maximum atomic E-state index is 13.0. The van der Waals surface area contributed by atoms with E-state index in [0.29, 0.717) is 16.9 Å². The fourth-order valence-electron chi connectivity index (χ4n) is 3.11. The molecule has 0 spiro atoms. The number of benzene rings is 3. The Balaban J connectivity index is 1.62. The second kappa shape index (κ2) is 7.36. The van der Waals surface area contributed by atoms with Crippen molar-refractivity contribution in [3.63, 3.8) is 0 Å². The van der Waals surface area contributed by atoms with Gasteiger partial charge in [-0.15, -0.1) is 0 Å². The monoisotopic (exact) mass is 388 g/mol. The molecule has 3 aromatic rings. The van der Waals surface area contributed by atoms with Gasteiger partial charge in [-0.2, -0.15) is 0 Å². The Bertz CT molecular complexity index is 1160. The zero-order chi connectivity index (χ0) is 20.5. The van der Waals surface area contributed by atoms with E-state index in [4.69, 9.17) is 9.47 Å². The zero-order valence-electron chi connectivity index (χ0n) is 15.9. The van der Waals surface area contributed by atoms with E-state index in [9.17, 15) is 14.0 Å². The summed E-state index contributed by atoms with van der Waals surface area (Å²) in [6, 6.07) is 15.9. The molecule has 0 atom stereocenters. The number of aryl methyl sites for hydroxylation is 1. The number of allylic oxidation sites excluding steroid dienone is 1. The Morgan fingerprint density at radius 3 is 2.45 bits per heavy atom. The fourth-order valence-corrected chi connectivity index (χ4v) is 3.11. The van der Waals surface area contributed by atoms with Crippen LogP contribution in [0.3, 0.4) is 0 Å². The van der Waals surface area contributed by atoms with Crippen LogP contribution >= 0.6 is 0 Å². The second-order valence-electron chi connectivity index (χ2n) is 6.76. The van der Waals surface area contributed by atoms with Gasteiger partial charge in [0.2, 0.25) is 5.78 Å². The molecule has 1 heterocycles. The van der Waals surface area contributed by atoms with E-state index in [1.165, 1.54) is 24.3 Å². The van der Waals surface area contributed by atoms with Gasteiger partial charge in [0, 0.05) is 5.56 Å². The summed E-state index contributed by atoms with van der Waals surface area (Å²) in [7, 11) is 0. The highest BCUT2D eigenvalue weighted by atomic mass is 19.1. The van der Waals surface area contributed by atoms with Crippen molar-refractivity contribution in [2.45, 2.75) is 13.8 Å². The molecule has 0 fully saturated rings. The number of ether oxygens (including phenoxy) is 2. The predicted molar refractivity (Wildman–Crippen MR) is 107 cm³/mol. The molecular weight excluding hydrogens is 371 g/mol. The van der Waals surface area contributed by atoms with Crippen LogP contribution in [0.15, 0.2) is 66.4 Å². The number of esters is 1. The zero-order valence-corrected chi connectivity index (χ0v) is 15.9. The standard InChI is InChI=1S/C24H17FO4/c1-14-5-3-4-6-17(14)13-21-22(26)19-11-12-20(15(2)23(19)28-21)29-24(27)16-7-9-18(25)10-8-16/h3-13H,1-2H3/b21-13-. The van der Waals surface area contributed by atoms with Gasteiger partial charge in [0.25, 0.3) is 0 Å². The summed E-state index contributed by atoms with van der Waals surface area (Å²) in [4.78, 5) is 25.0. The minimum Gasteiger partial charge on any atom is -0.452 e. The van der Waals surface area contributed by atoms with Gasteiger partial charge in [0.15, 0.2) is 5.76 Å². The van der Waals surface area contributed by atoms with Crippen LogP contribution in [0, 0.1) is 19.7 Å². The lowest BCUT2D eigenvalue weighted by atomic mass is 10.0. The lowest BCUT2D eigenvalue weighted by molar-refractivity contribution is 0.0733. The number of rotatable bonds is 3. The molecule has 1 aliphatic heterocycles. The van der Waals surface area contributed by atoms with E-state index >= 15 is 0 Å². The van der Waals surface area contributed by atoms with Crippen molar-refractivity contribution >= 4 is 17.8 Å². The van der Waals surface area contributed by atoms with Crippen molar-refractivity contribution in [1.82, 2.24) is 0 Å². The highest BCUT2D eigenvalue weighted by Crippen LogP contribution is 2.39. The average molecular weight is 388 g/mol. The van der Waals surface area contributed by atoms with Crippen molar-refractivity contribution in [2.24, 2.45) is 0 Å². The molecule has 1 aliphatic rings. The molecule has 4 rings (SSSR count). The quantitative estimate of drug-likeness (QED) is 0.348. The summed E-state index contributed by atoms with van der Waals surface area (Å²) in [5, 5.41) is 0. The molecule has 0 aromatic heterocycles. The lowest BCUT2D eigenvalue weighted by Gasteiger charge is -2.10. The van der Waals surface area contributed by atoms with Gasteiger partial charge in [0.1, 0.15) is 17.3 Å². The minimum absolute atomic E-state index is 0.220. The Hall–Kier alpha value is -3.73. The third-order valence-electron chi connectivity index (χ3n) is 4.79. The van der Waals surface area contributed by atoms with Crippen LogP contribution < -0.4 is 9.47 Å². The Labute approximate surface area is 167 Å². The molecule has 0 unspecified atom stereocenters. The summed E-state index contributed by atoms with van der Waals surface area (Å²) in [5.74, 6) is -0.396. The SMILES string of the molecule is Cc1ccccc1/C=C1\Oc2c(ccc(OC(=O)c3ccc(F)cc3)c2C)C1=O. The average Bonchev–Trinajstić information content (AvgIpc) is 3.03. The molecule has 144 valence electrons. The molecule has 0 N–H and O–H groups in total. The number of hydrogen-bond acceptors (Lipinski definition) is 4. The summed E-state index contributed by atoms with van der Waals surface area (Å²) >= 11 is 0. The third-order valence-corrected chi connectivity index (χ3v) is 4.79. The van der Waals surface area contributed by atoms with Crippen LogP contribution in [-0.2, 0) is 0 Å². The smallest absolute Gasteiger partial charge is 0.343 e. The van der Waals surface area contributed by atoms with Gasteiger partial charge in [-0.25, -0.2) is 9.18 Å². The predicted octanol–water partition coefficient (Wildman–Crippen LogP) is 5.28. The van der Waals surface area contributed by atoms with Crippen LogP contribution in [0.2, 0.25) is 0 Å². The number of carbonyl (C=O) groups is 2. The number of Topliss-reactive ketones (excluding diaryl/α,β-unsaturated/α-hetero) is 1. The molecule has 0 amide bonds. The maximum Gasteiger partial charge on any atom is 0.343 e. The number of hydrogen-bond donors (Lipinski definition) is 0. The summed E-state index contributed by atoms with van der Waals surface area (Å²) in [6.45, 7) is 3.67. The first-order chi connectivity index (χ1) is 13.9. The van der Waals surface area contributed by atoms with E-state index < -0.39 is 11.8 Å². The first-order valence-electron chi connectivity index (χ1n) is 9.05. The normalized spacial score (nSPS) is 13.9. The molecule has 4 nitrogen and oxygen atoms in total. The highest BCUT2D eigenvalue weighted by Gasteiger charge is 2.30. The lowest BCUT2D eigenvalue weighted by Crippen LogP contribution is -2.09. The Morgan fingerprint density at radius 1 is 1.00 bits per heavy atom. The Kier molecular flexibility index (Phi) is 4.72. The first kappa shape index (κ1) is 18.6. The molecular formula is C24H17FO4. The van der Waals surface area contributed by atoms with Crippen LogP contribution in [0.4, 0.5) is 4.39 Å². The van der Waals surface area contributed by atoms with E-state index in [0.717, 1.165) is 11.1 Å². The molecule has 0 saturated carbocycles. The van der Waals surface area contributed by atoms with E-state index in [1.807, 2.05) is 31.2 Å². The number of halogens is 1. The maximum absolute atomic E-state index is 13.0. The van der Waals surface area contributed by atoms with Gasteiger partial charge in [-0.1, -0.05) is 24.3 Å². The molecule has 0 aliphatic carbocycles. The third kappa shape index (κ3) is 3.55. The topological polar surface area (TPSA) is 52.6 Å².